The summed E-state index contributed by atoms with van der Waals surface area (Å²) in [6.45, 7) is 4.98. The van der Waals surface area contributed by atoms with E-state index in [0.717, 1.165) is 38.0 Å². The molecule has 3 heteroatoms. The number of hydrogen-bond donors (Lipinski definition) is 0. The Hall–Kier alpha value is -0.590. The second kappa shape index (κ2) is 13.6. The van der Waals surface area contributed by atoms with Crippen LogP contribution in [-0.4, -0.2) is 19.0 Å². The van der Waals surface area contributed by atoms with Gasteiger partial charge in [-0.05, 0) is 63.7 Å². The molecule has 0 amide bonds. The maximum absolute atomic E-state index is 9.74. The van der Waals surface area contributed by atoms with Crippen molar-refractivity contribution in [3.63, 3.8) is 0 Å². The highest BCUT2D eigenvalue weighted by Crippen LogP contribution is 2.41. The Morgan fingerprint density at radius 2 is 1.39 bits per heavy atom. The van der Waals surface area contributed by atoms with E-state index in [1.807, 2.05) is 0 Å². The average Bonchev–Trinajstić information content (AvgIpc) is 2.74. The molecule has 0 unspecified atom stereocenters. The number of hydrogen-bond acceptors (Lipinski definition) is 3. The highest BCUT2D eigenvalue weighted by Gasteiger charge is 2.35. The van der Waals surface area contributed by atoms with Crippen molar-refractivity contribution in [3.05, 3.63) is 0 Å². The van der Waals surface area contributed by atoms with Crippen LogP contribution in [0.25, 0.3) is 0 Å². The lowest BCUT2D eigenvalue weighted by Gasteiger charge is -2.35. The van der Waals surface area contributed by atoms with Crippen molar-refractivity contribution < 1.29 is 9.47 Å². The van der Waals surface area contributed by atoms with Crippen LogP contribution in [-0.2, 0) is 9.47 Å². The smallest absolute Gasteiger partial charge is 0.147 e. The van der Waals surface area contributed by atoms with Crippen molar-refractivity contribution in [1.29, 1.82) is 5.26 Å². The van der Waals surface area contributed by atoms with E-state index < -0.39 is 0 Å². The number of nitriles is 1. The second-order valence-corrected chi connectivity index (χ2v) is 9.49. The SMILES string of the molecule is CCCCCCCC1(C#N)CCC(OCOC2CCC(CCCC)CC2)CC1. The Balaban J connectivity index is 1.55. The number of ether oxygens (including phenoxy) is 2. The molecule has 0 aromatic rings. The molecule has 2 rings (SSSR count). The van der Waals surface area contributed by atoms with Crippen molar-refractivity contribution >= 4 is 0 Å². The first kappa shape index (κ1) is 23.7. The highest BCUT2D eigenvalue weighted by molar-refractivity contribution is 5.01. The van der Waals surface area contributed by atoms with Crippen LogP contribution < -0.4 is 0 Å². The molecule has 0 heterocycles. The van der Waals surface area contributed by atoms with Gasteiger partial charge in [-0.3, -0.25) is 0 Å². The van der Waals surface area contributed by atoms with Gasteiger partial charge in [-0.1, -0.05) is 65.2 Å². The van der Waals surface area contributed by atoms with Crippen LogP contribution >= 0.6 is 0 Å². The Labute approximate surface area is 174 Å². The van der Waals surface area contributed by atoms with E-state index in [4.69, 9.17) is 9.47 Å². The summed E-state index contributed by atoms with van der Waals surface area (Å²) in [6.07, 6.45) is 21.4. The van der Waals surface area contributed by atoms with E-state index >= 15 is 0 Å². The van der Waals surface area contributed by atoms with Gasteiger partial charge in [-0.15, -0.1) is 0 Å². The van der Waals surface area contributed by atoms with Crippen LogP contribution in [0.15, 0.2) is 0 Å². The van der Waals surface area contributed by atoms with E-state index in [9.17, 15) is 5.26 Å². The summed E-state index contributed by atoms with van der Waals surface area (Å²) in [5.41, 5.74) is -0.0796. The zero-order valence-electron chi connectivity index (χ0n) is 18.7. The maximum Gasteiger partial charge on any atom is 0.147 e. The molecule has 2 saturated carbocycles. The third kappa shape index (κ3) is 8.42. The molecule has 2 aliphatic carbocycles. The van der Waals surface area contributed by atoms with E-state index in [-0.39, 0.29) is 5.41 Å². The van der Waals surface area contributed by atoms with Gasteiger partial charge in [0.2, 0.25) is 0 Å². The third-order valence-corrected chi connectivity index (χ3v) is 7.25. The molecule has 0 spiro atoms. The average molecular weight is 392 g/mol. The molecule has 0 aromatic heterocycles. The van der Waals surface area contributed by atoms with Gasteiger partial charge in [0.15, 0.2) is 0 Å². The van der Waals surface area contributed by atoms with Gasteiger partial charge in [0.25, 0.3) is 0 Å². The van der Waals surface area contributed by atoms with Gasteiger partial charge >= 0.3 is 0 Å². The number of rotatable bonds is 13. The normalized spacial score (nSPS) is 30.8. The fourth-order valence-electron chi connectivity index (χ4n) is 5.11. The molecule has 0 bridgehead atoms. The predicted octanol–water partition coefficient (Wildman–Crippen LogP) is 7.54. The summed E-state index contributed by atoms with van der Waals surface area (Å²) < 4.78 is 12.1. The molecule has 28 heavy (non-hydrogen) atoms. The largest absolute Gasteiger partial charge is 0.352 e. The summed E-state index contributed by atoms with van der Waals surface area (Å²) >= 11 is 0. The highest BCUT2D eigenvalue weighted by atomic mass is 16.7. The first-order valence-electron chi connectivity index (χ1n) is 12.4. The lowest BCUT2D eigenvalue weighted by molar-refractivity contribution is -0.137. The van der Waals surface area contributed by atoms with E-state index in [0.29, 0.717) is 19.0 Å². The van der Waals surface area contributed by atoms with Crippen molar-refractivity contribution in [2.45, 2.75) is 135 Å². The van der Waals surface area contributed by atoms with Crippen molar-refractivity contribution in [2.24, 2.45) is 11.3 Å². The van der Waals surface area contributed by atoms with Crippen LogP contribution in [0.4, 0.5) is 0 Å². The van der Waals surface area contributed by atoms with Crippen LogP contribution in [0.1, 0.15) is 123 Å². The number of unbranched alkanes of at least 4 members (excludes halogenated alkanes) is 5. The fourth-order valence-corrected chi connectivity index (χ4v) is 5.11. The molecule has 162 valence electrons. The van der Waals surface area contributed by atoms with Crippen molar-refractivity contribution in [2.75, 3.05) is 6.79 Å². The zero-order valence-corrected chi connectivity index (χ0v) is 18.7. The Bertz CT molecular complexity index is 428. The van der Waals surface area contributed by atoms with E-state index in [1.165, 1.54) is 77.0 Å². The van der Waals surface area contributed by atoms with E-state index in [2.05, 4.69) is 19.9 Å². The number of nitrogens with zero attached hydrogens (tertiary/aromatic N) is 1. The van der Waals surface area contributed by atoms with Crippen molar-refractivity contribution in [3.8, 4) is 6.07 Å². The molecule has 3 nitrogen and oxygen atoms in total. The van der Waals surface area contributed by atoms with Gasteiger partial charge in [0.1, 0.15) is 6.79 Å². The fraction of sp³-hybridized carbons (Fsp3) is 0.960. The summed E-state index contributed by atoms with van der Waals surface area (Å²) in [7, 11) is 0. The second-order valence-electron chi connectivity index (χ2n) is 9.49. The maximum atomic E-state index is 9.74. The topological polar surface area (TPSA) is 42.2 Å². The van der Waals surface area contributed by atoms with Crippen LogP contribution in [0, 0.1) is 22.7 Å². The molecule has 0 aromatic carbocycles. The quantitative estimate of drug-likeness (QED) is 0.240. The first-order chi connectivity index (χ1) is 13.7. The Kier molecular flexibility index (Phi) is 11.5. The molecular weight excluding hydrogens is 346 g/mol. The lowest BCUT2D eigenvalue weighted by Crippen LogP contribution is -2.31. The summed E-state index contributed by atoms with van der Waals surface area (Å²) in [4.78, 5) is 0. The molecule has 0 aliphatic heterocycles. The molecule has 0 radical (unpaired) electrons. The molecule has 0 atom stereocenters. The minimum Gasteiger partial charge on any atom is -0.352 e. The molecule has 0 N–H and O–H groups in total. The molecule has 0 saturated heterocycles. The molecule has 2 aliphatic rings. The van der Waals surface area contributed by atoms with E-state index in [1.54, 1.807) is 0 Å². The summed E-state index contributed by atoms with van der Waals surface area (Å²) in [5.74, 6) is 0.931. The zero-order chi connectivity index (χ0) is 20.1. The monoisotopic (exact) mass is 391 g/mol. The Morgan fingerprint density at radius 1 is 0.786 bits per heavy atom. The minimum atomic E-state index is -0.0796. The van der Waals surface area contributed by atoms with Crippen LogP contribution in [0.3, 0.4) is 0 Å². The minimum absolute atomic E-state index is 0.0796. The first-order valence-corrected chi connectivity index (χ1v) is 12.4. The predicted molar refractivity (Wildman–Crippen MR) is 116 cm³/mol. The standard InChI is InChI=1S/C25H45NO2/c1-3-5-7-8-9-17-25(20-26)18-15-24(16-19-25)28-21-27-23-13-11-22(12-14-23)10-6-4-2/h22-24H,3-19,21H2,1-2H3. The van der Waals surface area contributed by atoms with Crippen LogP contribution in [0.2, 0.25) is 0 Å². The van der Waals surface area contributed by atoms with Gasteiger partial charge in [0.05, 0.1) is 23.7 Å². The van der Waals surface area contributed by atoms with Gasteiger partial charge < -0.3 is 9.47 Å². The third-order valence-electron chi connectivity index (χ3n) is 7.25. The molecular formula is C25H45NO2. The van der Waals surface area contributed by atoms with Crippen LogP contribution in [0.5, 0.6) is 0 Å². The Morgan fingerprint density at radius 3 is 2.00 bits per heavy atom. The van der Waals surface area contributed by atoms with Gasteiger partial charge in [-0.25, -0.2) is 0 Å². The van der Waals surface area contributed by atoms with Crippen molar-refractivity contribution in [1.82, 2.24) is 0 Å². The molecule has 2 fully saturated rings. The lowest BCUT2D eigenvalue weighted by atomic mass is 9.71. The van der Waals surface area contributed by atoms with Gasteiger partial charge in [0, 0.05) is 0 Å². The van der Waals surface area contributed by atoms with Gasteiger partial charge in [-0.2, -0.15) is 5.26 Å². The summed E-state index contributed by atoms with van der Waals surface area (Å²) in [5, 5.41) is 9.74. The summed E-state index contributed by atoms with van der Waals surface area (Å²) in [6, 6.07) is 2.67.